The van der Waals surface area contributed by atoms with Crippen molar-refractivity contribution in [1.29, 1.82) is 0 Å². The van der Waals surface area contributed by atoms with Crippen LogP contribution in [0.2, 0.25) is 0 Å². The van der Waals surface area contributed by atoms with Crippen molar-refractivity contribution in [3.05, 3.63) is 0 Å². The van der Waals surface area contributed by atoms with Crippen LogP contribution in [0.5, 0.6) is 0 Å². The van der Waals surface area contributed by atoms with E-state index in [9.17, 15) is 14.8 Å². The Bertz CT molecular complexity index is 261. The lowest BCUT2D eigenvalue weighted by molar-refractivity contribution is -0.963. The van der Waals surface area contributed by atoms with E-state index >= 15 is 0 Å². The zero-order chi connectivity index (χ0) is 10.1. The highest BCUT2D eigenvalue weighted by atomic mass is 32.2. The van der Waals surface area contributed by atoms with E-state index < -0.39 is 16.5 Å². The van der Waals surface area contributed by atoms with Crippen molar-refractivity contribution >= 4 is 40.0 Å². The maximum Gasteiger partial charge on any atom is 0.354 e. The van der Waals surface area contributed by atoms with Gasteiger partial charge in [0.1, 0.15) is 4.20 Å². The van der Waals surface area contributed by atoms with Gasteiger partial charge in [-0.25, -0.2) is 14.8 Å². The van der Waals surface area contributed by atoms with Crippen LogP contribution in [-0.2, 0) is 9.59 Å². The molecule has 0 aromatic rings. The molecule has 0 aliphatic carbocycles. The Hall–Kier alpha value is -0.300. The van der Waals surface area contributed by atoms with E-state index in [0.29, 0.717) is 4.20 Å². The van der Waals surface area contributed by atoms with Crippen molar-refractivity contribution < 1.29 is 19.4 Å². The third-order valence-corrected chi connectivity index (χ3v) is 3.18. The topological polar surface area (TPSA) is 54.4 Å². The molecule has 72 valence electrons. The summed E-state index contributed by atoms with van der Waals surface area (Å²) in [6, 6.07) is 0. The van der Waals surface area contributed by atoms with Crippen LogP contribution in [0.25, 0.3) is 0 Å². The van der Waals surface area contributed by atoms with E-state index in [1.165, 1.54) is 11.8 Å². The van der Waals surface area contributed by atoms with Gasteiger partial charge in [0.15, 0.2) is 6.54 Å². The SMILES string of the molecule is CSC(=S)C[N+]1(O)C(=O)CCC1=O. The van der Waals surface area contributed by atoms with E-state index in [4.69, 9.17) is 12.2 Å². The fourth-order valence-corrected chi connectivity index (χ4v) is 1.65. The Morgan fingerprint density at radius 3 is 2.38 bits per heavy atom. The highest BCUT2D eigenvalue weighted by molar-refractivity contribution is 8.22. The lowest BCUT2D eigenvalue weighted by Gasteiger charge is -2.18. The minimum atomic E-state index is -1.13. The molecule has 1 aliphatic rings. The standard InChI is InChI=1S/C7H10NO3S2/c1-13-7(12)4-8(11)5(9)2-3-6(8)10/h11H,2-4H2,1H3/q+1. The number of hydroxylamine groups is 3. The van der Waals surface area contributed by atoms with Crippen LogP contribution in [0.3, 0.4) is 0 Å². The zero-order valence-electron chi connectivity index (χ0n) is 7.15. The molecule has 0 spiro atoms. The van der Waals surface area contributed by atoms with Crippen LogP contribution in [0.4, 0.5) is 0 Å². The minimum absolute atomic E-state index is 0.0752. The highest BCUT2D eigenvalue weighted by Crippen LogP contribution is 2.21. The molecule has 1 N–H and O–H groups in total. The first-order valence-electron chi connectivity index (χ1n) is 3.75. The predicted molar refractivity (Wildman–Crippen MR) is 52.3 cm³/mol. The summed E-state index contributed by atoms with van der Waals surface area (Å²) in [7, 11) is 0. The predicted octanol–water partition coefficient (Wildman–Crippen LogP) is 0.730. The molecule has 13 heavy (non-hydrogen) atoms. The number of thioether (sulfide) groups is 1. The summed E-state index contributed by atoms with van der Waals surface area (Å²) in [6.45, 7) is -0.0752. The van der Waals surface area contributed by atoms with Crippen molar-refractivity contribution in [3.63, 3.8) is 0 Å². The number of hydrogen-bond acceptors (Lipinski definition) is 5. The molecular weight excluding hydrogens is 210 g/mol. The first kappa shape index (κ1) is 10.8. The molecule has 0 radical (unpaired) electrons. The number of thiocarbonyl (C=S) groups is 1. The monoisotopic (exact) mass is 220 g/mol. The summed E-state index contributed by atoms with van der Waals surface area (Å²) in [5.41, 5.74) is 0. The van der Waals surface area contributed by atoms with Crippen molar-refractivity contribution in [1.82, 2.24) is 0 Å². The summed E-state index contributed by atoms with van der Waals surface area (Å²) in [6.07, 6.45) is 1.98. The van der Waals surface area contributed by atoms with Crippen LogP contribution in [0.15, 0.2) is 0 Å². The van der Waals surface area contributed by atoms with Gasteiger partial charge in [0.2, 0.25) is 0 Å². The molecule has 0 aromatic heterocycles. The van der Waals surface area contributed by atoms with Gasteiger partial charge < -0.3 is 0 Å². The Morgan fingerprint density at radius 1 is 1.54 bits per heavy atom. The van der Waals surface area contributed by atoms with Crippen molar-refractivity contribution in [2.75, 3.05) is 12.8 Å². The van der Waals surface area contributed by atoms with Crippen molar-refractivity contribution in [2.45, 2.75) is 12.8 Å². The smallest absolute Gasteiger partial charge is 0.227 e. The van der Waals surface area contributed by atoms with Crippen LogP contribution >= 0.6 is 24.0 Å². The van der Waals surface area contributed by atoms with Gasteiger partial charge >= 0.3 is 11.8 Å². The number of carbonyl (C=O) groups excluding carboxylic acids is 2. The maximum absolute atomic E-state index is 11.2. The number of hydrogen-bond donors (Lipinski definition) is 1. The van der Waals surface area contributed by atoms with E-state index in [1.807, 2.05) is 0 Å². The molecule has 1 heterocycles. The van der Waals surface area contributed by atoms with Gasteiger partial charge in [0.05, 0.1) is 12.8 Å². The minimum Gasteiger partial charge on any atom is -0.227 e. The third-order valence-electron chi connectivity index (χ3n) is 1.96. The second-order valence-corrected chi connectivity index (χ2v) is 4.44. The first-order valence-corrected chi connectivity index (χ1v) is 5.38. The Morgan fingerprint density at radius 2 is 2.00 bits per heavy atom. The number of nitrogens with zero attached hydrogens (tertiary/aromatic N) is 1. The van der Waals surface area contributed by atoms with Crippen LogP contribution in [0.1, 0.15) is 12.8 Å². The van der Waals surface area contributed by atoms with Gasteiger partial charge in [-0.05, 0) is 6.26 Å². The van der Waals surface area contributed by atoms with Crippen molar-refractivity contribution in [3.8, 4) is 0 Å². The lowest BCUT2D eigenvalue weighted by Crippen LogP contribution is -2.51. The third kappa shape index (κ3) is 1.96. The molecule has 0 aromatic carbocycles. The Kier molecular flexibility index (Phi) is 3.18. The van der Waals surface area contributed by atoms with Gasteiger partial charge in [-0.15, -0.1) is 11.8 Å². The van der Waals surface area contributed by atoms with E-state index in [2.05, 4.69) is 0 Å². The number of imide groups is 1. The fraction of sp³-hybridized carbons (Fsp3) is 0.571. The van der Waals surface area contributed by atoms with E-state index in [0.717, 1.165) is 0 Å². The molecule has 6 heteroatoms. The molecule has 4 nitrogen and oxygen atoms in total. The molecule has 0 unspecified atom stereocenters. The average Bonchev–Trinajstić information content (AvgIpc) is 2.33. The largest absolute Gasteiger partial charge is 0.354 e. The molecular formula is C7H10NO3S2+. The lowest BCUT2D eigenvalue weighted by atomic mass is 10.4. The van der Waals surface area contributed by atoms with Gasteiger partial charge in [0.25, 0.3) is 0 Å². The Balaban J connectivity index is 2.79. The normalized spacial score (nSPS) is 20.8. The second-order valence-electron chi connectivity index (χ2n) is 2.79. The average molecular weight is 220 g/mol. The molecule has 2 amide bonds. The first-order chi connectivity index (χ1) is 6.00. The fourth-order valence-electron chi connectivity index (χ4n) is 1.15. The summed E-state index contributed by atoms with van der Waals surface area (Å²) in [5.74, 6) is -0.914. The van der Waals surface area contributed by atoms with Gasteiger partial charge in [-0.1, -0.05) is 16.9 Å². The van der Waals surface area contributed by atoms with Crippen LogP contribution < -0.4 is 0 Å². The quantitative estimate of drug-likeness (QED) is 0.322. The summed E-state index contributed by atoms with van der Waals surface area (Å²) in [5, 5.41) is 9.67. The number of amides is 2. The zero-order valence-corrected chi connectivity index (χ0v) is 8.78. The summed E-state index contributed by atoms with van der Waals surface area (Å²) >= 11 is 6.12. The second kappa shape index (κ2) is 3.83. The van der Waals surface area contributed by atoms with Gasteiger partial charge in [-0.3, -0.25) is 0 Å². The van der Waals surface area contributed by atoms with Crippen LogP contribution in [0, 0.1) is 0 Å². The molecule has 1 fully saturated rings. The van der Waals surface area contributed by atoms with E-state index in [1.54, 1.807) is 6.26 Å². The number of carbonyl (C=O) groups is 2. The van der Waals surface area contributed by atoms with Gasteiger partial charge in [-0.2, -0.15) is 0 Å². The molecule has 1 rings (SSSR count). The molecule has 1 aliphatic heterocycles. The number of quaternary nitrogens is 1. The molecule has 1 saturated heterocycles. The van der Waals surface area contributed by atoms with Gasteiger partial charge in [0, 0.05) is 0 Å². The summed E-state index contributed by atoms with van der Waals surface area (Å²) in [4.78, 5) is 22.4. The molecule has 0 bridgehead atoms. The molecule has 0 atom stereocenters. The highest BCUT2D eigenvalue weighted by Gasteiger charge is 2.50. The maximum atomic E-state index is 11.2. The van der Waals surface area contributed by atoms with Crippen molar-refractivity contribution in [2.24, 2.45) is 0 Å². The number of rotatable bonds is 2. The Labute approximate surface area is 85.4 Å². The molecule has 0 saturated carbocycles. The van der Waals surface area contributed by atoms with E-state index in [-0.39, 0.29) is 19.4 Å². The summed E-state index contributed by atoms with van der Waals surface area (Å²) < 4.78 is -0.661. The van der Waals surface area contributed by atoms with Crippen LogP contribution in [-0.4, -0.2) is 38.7 Å². The number of likely N-dealkylation sites (tertiary alicyclic amines) is 1.